The minimum absolute atomic E-state index is 0.101. The number of amides is 2. The van der Waals surface area contributed by atoms with E-state index in [-0.39, 0.29) is 18.2 Å². The monoisotopic (exact) mass is 399 g/mol. The molecule has 1 heterocycles. The number of rotatable bonds is 7. The average Bonchev–Trinajstić information content (AvgIpc) is 3.06. The molecule has 0 saturated carbocycles. The molecular formula is C20H21N3O4S. The molecule has 8 heteroatoms. The third kappa shape index (κ3) is 4.77. The summed E-state index contributed by atoms with van der Waals surface area (Å²) in [4.78, 5) is 27.9. The number of ether oxygens (including phenoxy) is 2. The van der Waals surface area contributed by atoms with Gasteiger partial charge in [0, 0.05) is 19.0 Å². The Hall–Kier alpha value is -3.13. The van der Waals surface area contributed by atoms with Gasteiger partial charge in [0.2, 0.25) is 11.8 Å². The van der Waals surface area contributed by atoms with Gasteiger partial charge in [0.15, 0.2) is 5.13 Å². The van der Waals surface area contributed by atoms with Crippen LogP contribution in [0.2, 0.25) is 0 Å². The Morgan fingerprint density at radius 1 is 1.11 bits per heavy atom. The summed E-state index contributed by atoms with van der Waals surface area (Å²) < 4.78 is 11.5. The Morgan fingerprint density at radius 2 is 1.93 bits per heavy atom. The van der Waals surface area contributed by atoms with Crippen molar-refractivity contribution < 1.29 is 19.1 Å². The molecule has 0 spiro atoms. The van der Waals surface area contributed by atoms with Crippen LogP contribution in [0.25, 0.3) is 10.2 Å². The van der Waals surface area contributed by atoms with E-state index in [1.54, 1.807) is 14.2 Å². The van der Waals surface area contributed by atoms with Crippen LogP contribution in [0.4, 0.5) is 5.13 Å². The van der Waals surface area contributed by atoms with Crippen molar-refractivity contribution in [2.24, 2.45) is 0 Å². The average molecular weight is 399 g/mol. The SMILES string of the molecule is COc1ccc(OC)c(CNC(=O)Cc2ccc3nc(NC(C)=O)sc3c2)c1. The quantitative estimate of drug-likeness (QED) is 0.637. The number of carbonyl (C=O) groups is 2. The molecule has 0 fully saturated rings. The lowest BCUT2D eigenvalue weighted by Gasteiger charge is -2.11. The zero-order valence-electron chi connectivity index (χ0n) is 15.9. The zero-order valence-corrected chi connectivity index (χ0v) is 16.7. The van der Waals surface area contributed by atoms with Crippen LogP contribution >= 0.6 is 11.3 Å². The van der Waals surface area contributed by atoms with Crippen molar-refractivity contribution in [1.82, 2.24) is 10.3 Å². The molecule has 0 aliphatic carbocycles. The molecule has 2 aromatic carbocycles. The molecular weight excluding hydrogens is 378 g/mol. The molecule has 146 valence electrons. The number of nitrogens with zero attached hydrogens (tertiary/aromatic N) is 1. The van der Waals surface area contributed by atoms with Crippen molar-refractivity contribution in [2.45, 2.75) is 19.9 Å². The molecule has 2 N–H and O–H groups in total. The number of benzene rings is 2. The summed E-state index contributed by atoms with van der Waals surface area (Å²) in [6.45, 7) is 1.79. The summed E-state index contributed by atoms with van der Waals surface area (Å²) in [5.74, 6) is 1.14. The minimum Gasteiger partial charge on any atom is -0.497 e. The van der Waals surface area contributed by atoms with Gasteiger partial charge in [0.25, 0.3) is 0 Å². The maximum atomic E-state index is 12.4. The van der Waals surface area contributed by atoms with Gasteiger partial charge < -0.3 is 20.1 Å². The molecule has 0 atom stereocenters. The first-order valence-corrected chi connectivity index (χ1v) is 9.45. The molecule has 0 aliphatic rings. The molecule has 0 unspecified atom stereocenters. The maximum Gasteiger partial charge on any atom is 0.224 e. The standard InChI is InChI=1S/C20H21N3O4S/c1-12(24)22-20-23-16-6-4-13(8-18(16)28-20)9-19(25)21-11-14-10-15(26-2)5-7-17(14)27-3/h4-8,10H,9,11H2,1-3H3,(H,21,25)(H,22,23,24). The highest BCUT2D eigenvalue weighted by Gasteiger charge is 2.10. The largest absolute Gasteiger partial charge is 0.497 e. The number of aromatic nitrogens is 1. The number of carbonyl (C=O) groups excluding carboxylic acids is 2. The van der Waals surface area contributed by atoms with Crippen LogP contribution in [0.5, 0.6) is 11.5 Å². The predicted molar refractivity (Wildman–Crippen MR) is 109 cm³/mol. The van der Waals surface area contributed by atoms with Gasteiger partial charge in [-0.3, -0.25) is 9.59 Å². The van der Waals surface area contributed by atoms with Gasteiger partial charge >= 0.3 is 0 Å². The first-order valence-electron chi connectivity index (χ1n) is 8.63. The van der Waals surface area contributed by atoms with Gasteiger partial charge in [0.1, 0.15) is 11.5 Å². The molecule has 0 radical (unpaired) electrons. The van der Waals surface area contributed by atoms with Crippen LogP contribution in [-0.2, 0) is 22.6 Å². The third-order valence-electron chi connectivity index (χ3n) is 4.06. The fraction of sp³-hybridized carbons (Fsp3) is 0.250. The molecule has 1 aromatic heterocycles. The van der Waals surface area contributed by atoms with Crippen LogP contribution < -0.4 is 20.1 Å². The maximum absolute atomic E-state index is 12.4. The second-order valence-corrected chi connectivity index (χ2v) is 7.16. The lowest BCUT2D eigenvalue weighted by Crippen LogP contribution is -2.24. The molecule has 3 aromatic rings. The van der Waals surface area contributed by atoms with Crippen LogP contribution in [0.1, 0.15) is 18.1 Å². The molecule has 0 aliphatic heterocycles. The number of thiazole rings is 1. The molecule has 3 rings (SSSR count). The zero-order chi connectivity index (χ0) is 20.1. The highest BCUT2D eigenvalue weighted by molar-refractivity contribution is 7.22. The molecule has 28 heavy (non-hydrogen) atoms. The van der Waals surface area contributed by atoms with E-state index >= 15 is 0 Å². The summed E-state index contributed by atoms with van der Waals surface area (Å²) in [6.07, 6.45) is 0.246. The second kappa shape index (κ2) is 8.71. The second-order valence-electron chi connectivity index (χ2n) is 6.13. The number of nitrogens with one attached hydrogen (secondary N) is 2. The summed E-state index contributed by atoms with van der Waals surface area (Å²) in [5.41, 5.74) is 2.51. The first kappa shape index (κ1) is 19.6. The smallest absolute Gasteiger partial charge is 0.224 e. The van der Waals surface area contributed by atoms with Crippen molar-refractivity contribution >= 4 is 38.5 Å². The highest BCUT2D eigenvalue weighted by atomic mass is 32.1. The Balaban J connectivity index is 1.65. The summed E-state index contributed by atoms with van der Waals surface area (Å²) >= 11 is 1.38. The fourth-order valence-electron chi connectivity index (χ4n) is 2.74. The Morgan fingerprint density at radius 3 is 2.64 bits per heavy atom. The van der Waals surface area contributed by atoms with E-state index in [0.717, 1.165) is 21.3 Å². The Bertz CT molecular complexity index is 1020. The van der Waals surface area contributed by atoms with Crippen molar-refractivity contribution in [3.05, 3.63) is 47.5 Å². The number of anilines is 1. The van der Waals surface area contributed by atoms with E-state index in [0.29, 0.717) is 23.2 Å². The van der Waals surface area contributed by atoms with Crippen molar-refractivity contribution in [1.29, 1.82) is 0 Å². The van der Waals surface area contributed by atoms with Crippen LogP contribution in [0.3, 0.4) is 0 Å². The van der Waals surface area contributed by atoms with Gasteiger partial charge in [-0.05, 0) is 35.9 Å². The predicted octanol–water partition coefficient (Wildman–Crippen LogP) is 3.13. The lowest BCUT2D eigenvalue weighted by molar-refractivity contribution is -0.120. The van der Waals surface area contributed by atoms with E-state index in [4.69, 9.17) is 9.47 Å². The van der Waals surface area contributed by atoms with Crippen LogP contribution in [0, 0.1) is 0 Å². The van der Waals surface area contributed by atoms with E-state index in [9.17, 15) is 9.59 Å². The minimum atomic E-state index is -0.161. The Labute approximate surface area is 166 Å². The van der Waals surface area contributed by atoms with E-state index in [1.807, 2.05) is 36.4 Å². The number of methoxy groups -OCH3 is 2. The number of hydrogen-bond acceptors (Lipinski definition) is 6. The van der Waals surface area contributed by atoms with Gasteiger partial charge in [-0.25, -0.2) is 4.98 Å². The molecule has 2 amide bonds. The van der Waals surface area contributed by atoms with Crippen LogP contribution in [-0.4, -0.2) is 31.0 Å². The number of fused-ring (bicyclic) bond motifs is 1. The molecule has 0 saturated heterocycles. The summed E-state index contributed by atoms with van der Waals surface area (Å²) in [7, 11) is 3.18. The van der Waals surface area contributed by atoms with E-state index < -0.39 is 0 Å². The number of hydrogen-bond donors (Lipinski definition) is 2. The molecule has 0 bridgehead atoms. The van der Waals surface area contributed by atoms with Gasteiger partial charge in [-0.15, -0.1) is 0 Å². The first-order chi connectivity index (χ1) is 13.5. The van der Waals surface area contributed by atoms with E-state index in [1.165, 1.54) is 18.3 Å². The highest BCUT2D eigenvalue weighted by Crippen LogP contribution is 2.27. The van der Waals surface area contributed by atoms with Gasteiger partial charge in [-0.2, -0.15) is 0 Å². The fourth-order valence-corrected chi connectivity index (χ4v) is 3.72. The van der Waals surface area contributed by atoms with Gasteiger partial charge in [0.05, 0.1) is 30.9 Å². The molecule has 7 nitrogen and oxygen atoms in total. The lowest BCUT2D eigenvalue weighted by atomic mass is 10.1. The van der Waals surface area contributed by atoms with E-state index in [2.05, 4.69) is 15.6 Å². The normalized spacial score (nSPS) is 10.5. The Kier molecular flexibility index (Phi) is 6.10. The van der Waals surface area contributed by atoms with Crippen molar-refractivity contribution in [2.75, 3.05) is 19.5 Å². The van der Waals surface area contributed by atoms with Crippen molar-refractivity contribution in [3.8, 4) is 11.5 Å². The van der Waals surface area contributed by atoms with Crippen LogP contribution in [0.15, 0.2) is 36.4 Å². The summed E-state index contributed by atoms with van der Waals surface area (Å²) in [6, 6.07) is 11.1. The van der Waals surface area contributed by atoms with Crippen molar-refractivity contribution in [3.63, 3.8) is 0 Å². The topological polar surface area (TPSA) is 89.6 Å². The third-order valence-corrected chi connectivity index (χ3v) is 5.00. The summed E-state index contributed by atoms with van der Waals surface area (Å²) in [5, 5.41) is 6.14. The van der Waals surface area contributed by atoms with Gasteiger partial charge in [-0.1, -0.05) is 17.4 Å².